The predicted molar refractivity (Wildman–Crippen MR) is 79.7 cm³/mol. The van der Waals surface area contributed by atoms with Crippen LogP contribution in [0, 0.1) is 5.92 Å². The van der Waals surface area contributed by atoms with Crippen LogP contribution in [-0.2, 0) is 6.54 Å². The van der Waals surface area contributed by atoms with Gasteiger partial charge in [-0.3, -0.25) is 4.90 Å². The molecule has 0 spiro atoms. The van der Waals surface area contributed by atoms with E-state index < -0.39 is 0 Å². The maximum absolute atomic E-state index is 3.54. The number of benzene rings is 1. The molecule has 1 aromatic rings. The lowest BCUT2D eigenvalue weighted by Crippen LogP contribution is -2.38. The zero-order chi connectivity index (χ0) is 13.4. The molecule has 0 aliphatic carbocycles. The largest absolute Gasteiger partial charge is 0.315 e. The maximum Gasteiger partial charge on any atom is 0.0234 e. The summed E-state index contributed by atoms with van der Waals surface area (Å²) in [7, 11) is 2.20. The van der Waals surface area contributed by atoms with Crippen LogP contribution in [0.3, 0.4) is 0 Å². The fraction of sp³-hybridized carbons (Fsp3) is 0.625. The fourth-order valence-electron chi connectivity index (χ4n) is 1.88. The summed E-state index contributed by atoms with van der Waals surface area (Å²) >= 11 is 0. The molecule has 0 amide bonds. The van der Waals surface area contributed by atoms with Crippen molar-refractivity contribution in [1.82, 2.24) is 10.2 Å². The first-order valence-electron chi connectivity index (χ1n) is 7.04. The Kier molecular flexibility index (Phi) is 6.99. The third-order valence-corrected chi connectivity index (χ3v) is 3.37. The molecule has 1 unspecified atom stereocenters. The van der Waals surface area contributed by atoms with Gasteiger partial charge >= 0.3 is 0 Å². The van der Waals surface area contributed by atoms with Gasteiger partial charge in [-0.05, 0) is 38.4 Å². The summed E-state index contributed by atoms with van der Waals surface area (Å²) in [6.07, 6.45) is 1.26. The highest BCUT2D eigenvalue weighted by Crippen LogP contribution is 2.05. The van der Waals surface area contributed by atoms with Gasteiger partial charge in [0.1, 0.15) is 0 Å². The highest BCUT2D eigenvalue weighted by atomic mass is 15.1. The normalized spacial score (nSPS) is 13.2. The van der Waals surface area contributed by atoms with Crippen molar-refractivity contribution in [3.8, 4) is 0 Å². The molecular formula is C16H28N2. The lowest BCUT2D eigenvalue weighted by molar-refractivity contribution is 0.242. The van der Waals surface area contributed by atoms with Crippen LogP contribution in [0.2, 0.25) is 0 Å². The van der Waals surface area contributed by atoms with Crippen LogP contribution in [0.15, 0.2) is 30.3 Å². The van der Waals surface area contributed by atoms with E-state index >= 15 is 0 Å². The van der Waals surface area contributed by atoms with Crippen LogP contribution in [0.4, 0.5) is 0 Å². The van der Waals surface area contributed by atoms with Crippen molar-refractivity contribution in [3.63, 3.8) is 0 Å². The molecule has 1 atom stereocenters. The number of likely N-dealkylation sites (N-methyl/N-ethyl adjacent to an activating group) is 1. The SMILES string of the molecule is CC(C)CCNCC(C)N(C)Cc1ccccc1. The van der Waals surface area contributed by atoms with Crippen molar-refractivity contribution in [2.75, 3.05) is 20.1 Å². The van der Waals surface area contributed by atoms with Gasteiger partial charge in [-0.1, -0.05) is 44.2 Å². The number of rotatable bonds is 8. The topological polar surface area (TPSA) is 15.3 Å². The third-order valence-electron chi connectivity index (χ3n) is 3.37. The summed E-state index contributed by atoms with van der Waals surface area (Å²) in [4.78, 5) is 2.40. The molecule has 1 N–H and O–H groups in total. The Morgan fingerprint density at radius 1 is 1.11 bits per heavy atom. The summed E-state index contributed by atoms with van der Waals surface area (Å²) in [6, 6.07) is 11.2. The molecule has 0 saturated carbocycles. The first-order chi connectivity index (χ1) is 8.59. The summed E-state index contributed by atoms with van der Waals surface area (Å²) < 4.78 is 0. The van der Waals surface area contributed by atoms with Gasteiger partial charge in [0.05, 0.1) is 0 Å². The molecule has 0 saturated heterocycles. The fourth-order valence-corrected chi connectivity index (χ4v) is 1.88. The molecule has 0 aliphatic rings. The Morgan fingerprint density at radius 3 is 2.39 bits per heavy atom. The Bertz CT molecular complexity index is 308. The summed E-state index contributed by atoms with van der Waals surface area (Å²) in [5.41, 5.74) is 1.38. The second-order valence-corrected chi connectivity index (χ2v) is 5.64. The number of nitrogens with one attached hydrogen (secondary N) is 1. The highest BCUT2D eigenvalue weighted by molar-refractivity contribution is 5.14. The van der Waals surface area contributed by atoms with Gasteiger partial charge in [0, 0.05) is 19.1 Å². The smallest absolute Gasteiger partial charge is 0.0234 e. The maximum atomic E-state index is 3.54. The van der Waals surface area contributed by atoms with Crippen molar-refractivity contribution >= 4 is 0 Å². The van der Waals surface area contributed by atoms with E-state index in [0.717, 1.165) is 25.6 Å². The monoisotopic (exact) mass is 248 g/mol. The van der Waals surface area contributed by atoms with E-state index in [1.165, 1.54) is 12.0 Å². The van der Waals surface area contributed by atoms with E-state index in [-0.39, 0.29) is 0 Å². The van der Waals surface area contributed by atoms with E-state index in [4.69, 9.17) is 0 Å². The molecule has 0 fully saturated rings. The predicted octanol–water partition coefficient (Wildman–Crippen LogP) is 3.14. The summed E-state index contributed by atoms with van der Waals surface area (Å²) in [6.45, 7) is 10.0. The van der Waals surface area contributed by atoms with E-state index in [2.05, 4.69) is 68.4 Å². The minimum absolute atomic E-state index is 0.567. The molecule has 102 valence electrons. The van der Waals surface area contributed by atoms with Gasteiger partial charge in [-0.15, -0.1) is 0 Å². The Morgan fingerprint density at radius 2 is 1.78 bits per heavy atom. The molecule has 0 aliphatic heterocycles. The van der Waals surface area contributed by atoms with Crippen molar-refractivity contribution < 1.29 is 0 Å². The van der Waals surface area contributed by atoms with E-state index in [1.54, 1.807) is 0 Å². The van der Waals surface area contributed by atoms with Crippen LogP contribution in [-0.4, -0.2) is 31.1 Å². The molecule has 2 nitrogen and oxygen atoms in total. The molecule has 0 aromatic heterocycles. The van der Waals surface area contributed by atoms with Crippen LogP contribution in [0.5, 0.6) is 0 Å². The van der Waals surface area contributed by atoms with E-state index in [9.17, 15) is 0 Å². The Hall–Kier alpha value is -0.860. The third kappa shape index (κ3) is 6.18. The van der Waals surface area contributed by atoms with Gasteiger partial charge in [-0.2, -0.15) is 0 Å². The molecule has 1 rings (SSSR count). The summed E-state index contributed by atoms with van der Waals surface area (Å²) in [5, 5.41) is 3.54. The minimum Gasteiger partial charge on any atom is -0.315 e. The van der Waals surface area contributed by atoms with E-state index in [1.807, 2.05) is 0 Å². The molecule has 2 heteroatoms. The van der Waals surface area contributed by atoms with Gasteiger partial charge < -0.3 is 5.32 Å². The zero-order valence-electron chi connectivity index (χ0n) is 12.3. The van der Waals surface area contributed by atoms with Gasteiger partial charge in [-0.25, -0.2) is 0 Å². The van der Waals surface area contributed by atoms with Crippen molar-refractivity contribution in [2.24, 2.45) is 5.92 Å². The quantitative estimate of drug-likeness (QED) is 0.711. The lowest BCUT2D eigenvalue weighted by atomic mass is 10.1. The average Bonchev–Trinajstić information content (AvgIpc) is 2.35. The Balaban J connectivity index is 2.22. The number of hydrogen-bond donors (Lipinski definition) is 1. The highest BCUT2D eigenvalue weighted by Gasteiger charge is 2.08. The molecule has 1 aromatic carbocycles. The van der Waals surface area contributed by atoms with Crippen LogP contribution >= 0.6 is 0 Å². The van der Waals surface area contributed by atoms with Gasteiger partial charge in [0.2, 0.25) is 0 Å². The van der Waals surface area contributed by atoms with Crippen molar-refractivity contribution in [1.29, 1.82) is 0 Å². The molecule has 0 bridgehead atoms. The van der Waals surface area contributed by atoms with Gasteiger partial charge in [0.15, 0.2) is 0 Å². The molecular weight excluding hydrogens is 220 g/mol. The first kappa shape index (κ1) is 15.2. The number of hydrogen-bond acceptors (Lipinski definition) is 2. The molecule has 0 radical (unpaired) electrons. The Labute approximate surface area is 112 Å². The second-order valence-electron chi connectivity index (χ2n) is 5.64. The molecule has 0 heterocycles. The van der Waals surface area contributed by atoms with Crippen molar-refractivity contribution in [2.45, 2.75) is 39.8 Å². The first-order valence-corrected chi connectivity index (χ1v) is 7.04. The van der Waals surface area contributed by atoms with E-state index in [0.29, 0.717) is 6.04 Å². The van der Waals surface area contributed by atoms with Crippen molar-refractivity contribution in [3.05, 3.63) is 35.9 Å². The second kappa shape index (κ2) is 8.28. The van der Waals surface area contributed by atoms with Gasteiger partial charge in [0.25, 0.3) is 0 Å². The number of nitrogens with zero attached hydrogens (tertiary/aromatic N) is 1. The zero-order valence-corrected chi connectivity index (χ0v) is 12.3. The molecule has 18 heavy (non-hydrogen) atoms. The average molecular weight is 248 g/mol. The standard InChI is InChI=1S/C16H28N2/c1-14(2)10-11-17-12-15(3)18(4)13-16-8-6-5-7-9-16/h5-9,14-15,17H,10-13H2,1-4H3. The summed E-state index contributed by atoms with van der Waals surface area (Å²) in [5.74, 6) is 0.787. The van der Waals surface area contributed by atoms with Crippen LogP contribution in [0.1, 0.15) is 32.8 Å². The van der Waals surface area contributed by atoms with Crippen LogP contribution < -0.4 is 5.32 Å². The lowest BCUT2D eigenvalue weighted by Gasteiger charge is -2.25. The van der Waals surface area contributed by atoms with Crippen LogP contribution in [0.25, 0.3) is 0 Å². The minimum atomic E-state index is 0.567.